The van der Waals surface area contributed by atoms with Crippen molar-refractivity contribution < 1.29 is 23.8 Å². The Morgan fingerprint density at radius 2 is 2.00 bits per heavy atom. The van der Waals surface area contributed by atoms with Gasteiger partial charge in [-0.2, -0.15) is 0 Å². The molecular formula is C35H45FN2O4. The van der Waals surface area contributed by atoms with Crippen molar-refractivity contribution in [3.05, 3.63) is 83.5 Å². The third-order valence-corrected chi connectivity index (χ3v) is 8.77. The topological polar surface area (TPSA) is 71.9 Å². The van der Waals surface area contributed by atoms with E-state index in [1.165, 1.54) is 13.3 Å². The van der Waals surface area contributed by atoms with E-state index >= 15 is 4.39 Å². The number of aliphatic carboxylic acids is 1. The number of nitrogens with zero attached hydrogens (tertiary/aromatic N) is 2. The number of halogens is 1. The molecule has 42 heavy (non-hydrogen) atoms. The summed E-state index contributed by atoms with van der Waals surface area (Å²) in [5.74, 6) is 0.349. The van der Waals surface area contributed by atoms with Crippen LogP contribution in [0.3, 0.4) is 0 Å². The summed E-state index contributed by atoms with van der Waals surface area (Å²) in [6.07, 6.45) is 11.6. The fourth-order valence-corrected chi connectivity index (χ4v) is 5.98. The number of carboxylic acids is 1. The first kappa shape index (κ1) is 31.5. The summed E-state index contributed by atoms with van der Waals surface area (Å²) in [4.78, 5) is 18.0. The van der Waals surface area contributed by atoms with Gasteiger partial charge in [-0.3, -0.25) is 9.69 Å². The summed E-state index contributed by atoms with van der Waals surface area (Å²) >= 11 is 0. The maximum absolute atomic E-state index is 15.0. The molecule has 2 aromatic rings. The van der Waals surface area contributed by atoms with E-state index in [-0.39, 0.29) is 23.8 Å². The minimum absolute atomic E-state index is 0.153. The van der Waals surface area contributed by atoms with Crippen LogP contribution in [0.15, 0.2) is 66.6 Å². The zero-order valence-corrected chi connectivity index (χ0v) is 25.6. The Kier molecular flexibility index (Phi) is 10.6. The molecule has 0 bridgehead atoms. The van der Waals surface area contributed by atoms with E-state index in [0.717, 1.165) is 66.7 Å². The Hall–Kier alpha value is -3.45. The van der Waals surface area contributed by atoms with Crippen LogP contribution in [0.1, 0.15) is 77.0 Å². The predicted molar refractivity (Wildman–Crippen MR) is 164 cm³/mol. The second kappa shape index (κ2) is 14.1. The van der Waals surface area contributed by atoms with Crippen LogP contribution >= 0.6 is 0 Å². The molecule has 3 atom stereocenters. The number of rotatable bonds is 14. The minimum atomic E-state index is -0.721. The van der Waals surface area contributed by atoms with Crippen molar-refractivity contribution in [1.82, 2.24) is 9.88 Å². The Balaban J connectivity index is 1.59. The lowest BCUT2D eigenvalue weighted by Crippen LogP contribution is -2.30. The van der Waals surface area contributed by atoms with Crippen LogP contribution in [0.4, 0.5) is 4.39 Å². The Labute approximate surface area is 249 Å². The first-order chi connectivity index (χ1) is 20.2. The number of allylic oxidation sites excluding steroid dienone is 4. The molecule has 1 aliphatic heterocycles. The van der Waals surface area contributed by atoms with Crippen molar-refractivity contribution in [3.63, 3.8) is 0 Å². The maximum atomic E-state index is 15.0. The van der Waals surface area contributed by atoms with E-state index in [9.17, 15) is 9.90 Å². The second-order valence-electron chi connectivity index (χ2n) is 11.8. The number of methoxy groups -OCH3 is 1. The standard InChI is InChI=1S/C35H45FN2O4/c1-7-32-25(10-9-11-28(24-12-13-24)23(5)35(39)40)15-17-33(42-32)26-14-16-29(27(18-26)21-38(8-2)22(3)4)30-19-34(41-6)37-20-31(30)36/h7,9-10,14,16,18-20,22-24,28,33H,1,8,11-13,15,17,21H2,2-6H3,(H,39,40)/b10-9-/t23-,28-,33?/m0/s1. The van der Waals surface area contributed by atoms with Gasteiger partial charge in [0.15, 0.2) is 0 Å². The third kappa shape index (κ3) is 7.49. The molecule has 0 amide bonds. The molecule has 1 aromatic carbocycles. The van der Waals surface area contributed by atoms with Gasteiger partial charge in [0.25, 0.3) is 0 Å². The first-order valence-electron chi connectivity index (χ1n) is 15.1. The van der Waals surface area contributed by atoms with Crippen LogP contribution in [-0.2, 0) is 16.1 Å². The predicted octanol–water partition coefficient (Wildman–Crippen LogP) is 8.11. The Morgan fingerprint density at radius 1 is 1.24 bits per heavy atom. The van der Waals surface area contributed by atoms with Crippen molar-refractivity contribution in [2.75, 3.05) is 13.7 Å². The quantitative estimate of drug-likeness (QED) is 0.245. The molecule has 6 nitrogen and oxygen atoms in total. The van der Waals surface area contributed by atoms with Gasteiger partial charge in [-0.1, -0.05) is 50.8 Å². The molecule has 0 spiro atoms. The number of benzene rings is 1. The van der Waals surface area contributed by atoms with Gasteiger partial charge in [-0.15, -0.1) is 0 Å². The van der Waals surface area contributed by atoms with E-state index in [2.05, 4.69) is 55.5 Å². The summed E-state index contributed by atoms with van der Waals surface area (Å²) < 4.78 is 26.8. The number of ether oxygens (including phenoxy) is 2. The van der Waals surface area contributed by atoms with Gasteiger partial charge in [0.2, 0.25) is 5.88 Å². The largest absolute Gasteiger partial charge is 0.485 e. The summed E-state index contributed by atoms with van der Waals surface area (Å²) in [5.41, 5.74) is 4.43. The molecule has 1 saturated carbocycles. The van der Waals surface area contributed by atoms with Gasteiger partial charge >= 0.3 is 5.97 Å². The van der Waals surface area contributed by atoms with Crippen molar-refractivity contribution in [2.45, 2.75) is 78.5 Å². The summed E-state index contributed by atoms with van der Waals surface area (Å²) in [6, 6.07) is 8.13. The van der Waals surface area contributed by atoms with Crippen molar-refractivity contribution >= 4 is 5.97 Å². The molecular weight excluding hydrogens is 531 g/mol. The number of hydrogen-bond donors (Lipinski definition) is 1. The molecule has 1 aliphatic carbocycles. The highest BCUT2D eigenvalue weighted by molar-refractivity contribution is 5.70. The van der Waals surface area contributed by atoms with E-state index in [1.807, 2.05) is 19.1 Å². The van der Waals surface area contributed by atoms with Crippen LogP contribution in [0, 0.1) is 23.6 Å². The normalized spacial score (nSPS) is 18.8. The SMILES string of the molecule is C=CC1=C(/C=C\C[C@H](C2CC2)[C@H](C)C(=O)O)CCC(c2ccc(-c3cc(OC)ncc3F)c(CN(CC)C(C)C)c2)O1. The highest BCUT2D eigenvalue weighted by Crippen LogP contribution is 2.43. The molecule has 2 heterocycles. The van der Waals surface area contributed by atoms with Crippen molar-refractivity contribution in [1.29, 1.82) is 0 Å². The van der Waals surface area contributed by atoms with Crippen LogP contribution in [0.2, 0.25) is 0 Å². The lowest BCUT2D eigenvalue weighted by atomic mass is 9.86. The molecule has 1 fully saturated rings. The fourth-order valence-electron chi connectivity index (χ4n) is 5.98. The van der Waals surface area contributed by atoms with Gasteiger partial charge in [-0.25, -0.2) is 9.37 Å². The number of carbonyl (C=O) groups is 1. The number of pyridine rings is 1. The number of carboxylic acid groups (broad SMARTS) is 1. The molecule has 7 heteroatoms. The highest BCUT2D eigenvalue weighted by Gasteiger charge is 2.36. The molecule has 226 valence electrons. The van der Waals surface area contributed by atoms with Crippen LogP contribution in [0.5, 0.6) is 5.88 Å². The maximum Gasteiger partial charge on any atom is 0.306 e. The minimum Gasteiger partial charge on any atom is -0.485 e. The van der Waals surface area contributed by atoms with E-state index in [4.69, 9.17) is 9.47 Å². The lowest BCUT2D eigenvalue weighted by Gasteiger charge is -2.29. The van der Waals surface area contributed by atoms with E-state index in [1.54, 1.807) is 12.1 Å². The monoisotopic (exact) mass is 576 g/mol. The zero-order valence-electron chi connectivity index (χ0n) is 25.6. The van der Waals surface area contributed by atoms with Crippen LogP contribution in [0.25, 0.3) is 11.1 Å². The first-order valence-corrected chi connectivity index (χ1v) is 15.1. The molecule has 1 aromatic heterocycles. The molecule has 2 aliphatic rings. The molecule has 1 unspecified atom stereocenters. The molecule has 0 saturated heterocycles. The average molecular weight is 577 g/mol. The van der Waals surface area contributed by atoms with Crippen LogP contribution < -0.4 is 4.74 Å². The van der Waals surface area contributed by atoms with Gasteiger partial charge in [-0.05, 0) is 92.7 Å². The average Bonchev–Trinajstić information content (AvgIpc) is 3.83. The van der Waals surface area contributed by atoms with Gasteiger partial charge in [0, 0.05) is 24.2 Å². The molecule has 1 N–H and O–H groups in total. The molecule has 4 rings (SSSR count). The Bertz CT molecular complexity index is 1330. The van der Waals surface area contributed by atoms with Gasteiger partial charge in [0.1, 0.15) is 17.7 Å². The van der Waals surface area contributed by atoms with Crippen molar-refractivity contribution in [2.24, 2.45) is 17.8 Å². The number of aromatic nitrogens is 1. The summed E-state index contributed by atoms with van der Waals surface area (Å²) in [7, 11) is 1.53. The summed E-state index contributed by atoms with van der Waals surface area (Å²) in [6.45, 7) is 13.8. The Morgan fingerprint density at radius 3 is 2.62 bits per heavy atom. The van der Waals surface area contributed by atoms with Gasteiger partial charge < -0.3 is 14.6 Å². The van der Waals surface area contributed by atoms with E-state index < -0.39 is 5.97 Å². The fraction of sp³-hybridized carbons (Fsp3) is 0.486. The lowest BCUT2D eigenvalue weighted by molar-refractivity contribution is -0.143. The van der Waals surface area contributed by atoms with Gasteiger partial charge in [0.05, 0.1) is 19.2 Å². The number of hydrogen-bond acceptors (Lipinski definition) is 5. The van der Waals surface area contributed by atoms with Crippen LogP contribution in [-0.4, -0.2) is 40.7 Å². The second-order valence-corrected chi connectivity index (χ2v) is 11.8. The highest BCUT2D eigenvalue weighted by atomic mass is 19.1. The van der Waals surface area contributed by atoms with E-state index in [0.29, 0.717) is 29.9 Å². The zero-order chi connectivity index (χ0) is 30.4. The smallest absolute Gasteiger partial charge is 0.306 e. The third-order valence-electron chi connectivity index (χ3n) is 8.77. The molecule has 0 radical (unpaired) electrons. The summed E-state index contributed by atoms with van der Waals surface area (Å²) in [5, 5.41) is 9.53. The van der Waals surface area contributed by atoms with Crippen molar-refractivity contribution in [3.8, 4) is 17.0 Å².